The van der Waals surface area contributed by atoms with E-state index in [-0.39, 0.29) is 0 Å². The third kappa shape index (κ3) is 2.34. The van der Waals surface area contributed by atoms with Gasteiger partial charge in [-0.05, 0) is 30.8 Å². The van der Waals surface area contributed by atoms with E-state index in [0.717, 1.165) is 5.57 Å². The lowest BCUT2D eigenvalue weighted by molar-refractivity contribution is 0.416. The van der Waals surface area contributed by atoms with Crippen molar-refractivity contribution in [1.29, 1.82) is 0 Å². The van der Waals surface area contributed by atoms with Gasteiger partial charge >= 0.3 is 0 Å². The van der Waals surface area contributed by atoms with E-state index in [1.165, 1.54) is 10.8 Å². The second-order valence-corrected chi connectivity index (χ2v) is 8.08. The zero-order valence-corrected chi connectivity index (χ0v) is 10.4. The largest absolute Gasteiger partial charge is 0.416 e. The van der Waals surface area contributed by atoms with Gasteiger partial charge in [0, 0.05) is 7.11 Å². The van der Waals surface area contributed by atoms with Crippen LogP contribution in [0.5, 0.6) is 0 Å². The Morgan fingerprint density at radius 1 is 1.36 bits per heavy atom. The van der Waals surface area contributed by atoms with Crippen molar-refractivity contribution in [1.82, 2.24) is 0 Å². The van der Waals surface area contributed by atoms with Gasteiger partial charge in [-0.3, -0.25) is 0 Å². The molecule has 1 aromatic rings. The first-order chi connectivity index (χ1) is 6.47. The van der Waals surface area contributed by atoms with Gasteiger partial charge in [0.15, 0.2) is 0 Å². The molecule has 0 aliphatic carbocycles. The van der Waals surface area contributed by atoms with Gasteiger partial charge < -0.3 is 4.43 Å². The average Bonchev–Trinajstić information content (AvgIpc) is 2.18. The van der Waals surface area contributed by atoms with E-state index in [1.54, 1.807) is 7.11 Å². The molecule has 0 heterocycles. The van der Waals surface area contributed by atoms with Crippen molar-refractivity contribution in [2.75, 3.05) is 7.11 Å². The van der Waals surface area contributed by atoms with Crippen LogP contribution in [0.25, 0.3) is 5.57 Å². The molecule has 0 amide bonds. The monoisotopic (exact) mass is 206 g/mol. The summed E-state index contributed by atoms with van der Waals surface area (Å²) >= 11 is 0. The van der Waals surface area contributed by atoms with Crippen LogP contribution in [0, 0.1) is 0 Å². The molecule has 0 N–H and O–H groups in total. The van der Waals surface area contributed by atoms with Gasteiger partial charge in [0.05, 0.1) is 0 Å². The maximum Gasteiger partial charge on any atom is 0.217 e. The van der Waals surface area contributed by atoms with Crippen LogP contribution >= 0.6 is 0 Å². The van der Waals surface area contributed by atoms with Gasteiger partial charge in [0.25, 0.3) is 0 Å². The number of benzene rings is 1. The van der Waals surface area contributed by atoms with E-state index < -0.39 is 8.32 Å². The summed E-state index contributed by atoms with van der Waals surface area (Å²) in [5.74, 6) is 0. The highest BCUT2D eigenvalue weighted by Crippen LogP contribution is 2.12. The molecule has 0 radical (unpaired) electrons. The van der Waals surface area contributed by atoms with Gasteiger partial charge in [-0.1, -0.05) is 36.4 Å². The topological polar surface area (TPSA) is 9.23 Å². The Hall–Kier alpha value is -0.863. The van der Waals surface area contributed by atoms with Crippen molar-refractivity contribution in [3.8, 4) is 0 Å². The molecule has 1 rings (SSSR count). The highest BCUT2D eigenvalue weighted by atomic mass is 28.4. The highest BCUT2D eigenvalue weighted by molar-refractivity contribution is 6.84. The predicted molar refractivity (Wildman–Crippen MR) is 65.3 cm³/mol. The van der Waals surface area contributed by atoms with E-state index in [0.29, 0.717) is 0 Å². The first-order valence-corrected chi connectivity index (χ1v) is 7.70. The Morgan fingerprint density at radius 3 is 2.50 bits per heavy atom. The van der Waals surface area contributed by atoms with E-state index in [9.17, 15) is 0 Å². The summed E-state index contributed by atoms with van der Waals surface area (Å²) in [6.45, 7) is 10.4. The molecule has 0 fully saturated rings. The Morgan fingerprint density at radius 2 is 2.00 bits per heavy atom. The lowest BCUT2D eigenvalue weighted by atomic mass is 10.1. The Kier molecular flexibility index (Phi) is 3.29. The van der Waals surface area contributed by atoms with Crippen molar-refractivity contribution in [2.45, 2.75) is 20.0 Å². The Bertz CT molecular complexity index is 342. The minimum absolute atomic E-state index is 1.10. The fourth-order valence-corrected chi connectivity index (χ4v) is 2.51. The number of hydrogen-bond donors (Lipinski definition) is 0. The van der Waals surface area contributed by atoms with Crippen molar-refractivity contribution in [3.63, 3.8) is 0 Å². The van der Waals surface area contributed by atoms with Crippen LogP contribution < -0.4 is 5.19 Å². The fourth-order valence-electron chi connectivity index (χ4n) is 1.28. The average molecular weight is 206 g/mol. The molecular formula is C12H18OSi. The molecule has 0 unspecified atom stereocenters. The number of hydrogen-bond acceptors (Lipinski definition) is 1. The molecule has 2 heteroatoms. The minimum atomic E-state index is -1.67. The smallest absolute Gasteiger partial charge is 0.217 e. The molecule has 0 atom stereocenters. The predicted octanol–water partition coefficient (Wildman–Crippen LogP) is 2.78. The van der Waals surface area contributed by atoms with E-state index in [2.05, 4.69) is 43.9 Å². The van der Waals surface area contributed by atoms with Crippen LogP contribution in [0.4, 0.5) is 0 Å². The van der Waals surface area contributed by atoms with Crippen LogP contribution in [0.15, 0.2) is 30.8 Å². The van der Waals surface area contributed by atoms with E-state index >= 15 is 0 Å². The van der Waals surface area contributed by atoms with Crippen LogP contribution in [0.2, 0.25) is 13.1 Å². The Labute approximate surface area is 87.5 Å². The second-order valence-electron chi connectivity index (χ2n) is 4.08. The first kappa shape index (κ1) is 11.2. The van der Waals surface area contributed by atoms with Crippen molar-refractivity contribution in [3.05, 3.63) is 36.4 Å². The summed E-state index contributed by atoms with van der Waals surface area (Å²) in [6.07, 6.45) is 0. The SMILES string of the molecule is C=C(C)c1cccc([Si](C)(C)OC)c1. The van der Waals surface area contributed by atoms with Gasteiger partial charge in [-0.2, -0.15) is 0 Å². The zero-order chi connectivity index (χ0) is 10.8. The maximum atomic E-state index is 5.57. The molecule has 0 saturated heterocycles. The van der Waals surface area contributed by atoms with Crippen molar-refractivity contribution >= 4 is 19.1 Å². The van der Waals surface area contributed by atoms with Crippen molar-refractivity contribution < 1.29 is 4.43 Å². The van der Waals surface area contributed by atoms with Crippen LogP contribution in [0.3, 0.4) is 0 Å². The fraction of sp³-hybridized carbons (Fsp3) is 0.333. The molecule has 14 heavy (non-hydrogen) atoms. The molecule has 0 aromatic heterocycles. The van der Waals surface area contributed by atoms with Crippen molar-refractivity contribution in [2.24, 2.45) is 0 Å². The van der Waals surface area contributed by atoms with Crippen LogP contribution in [-0.2, 0) is 4.43 Å². The van der Waals surface area contributed by atoms with Gasteiger partial charge in [-0.25, -0.2) is 0 Å². The number of rotatable bonds is 3. The maximum absolute atomic E-state index is 5.57. The summed E-state index contributed by atoms with van der Waals surface area (Å²) in [5.41, 5.74) is 2.31. The quantitative estimate of drug-likeness (QED) is 0.691. The molecule has 0 aliphatic rings. The summed E-state index contributed by atoms with van der Waals surface area (Å²) in [4.78, 5) is 0. The first-order valence-electron chi connectivity index (χ1n) is 4.79. The lowest BCUT2D eigenvalue weighted by Crippen LogP contribution is -2.43. The molecule has 0 bridgehead atoms. The standard InChI is InChI=1S/C12H18OSi/c1-10(2)11-7-6-8-12(9-11)14(4,5)13-3/h6-9H,1H2,2-5H3. The molecule has 0 spiro atoms. The second kappa shape index (κ2) is 4.11. The molecular weight excluding hydrogens is 188 g/mol. The third-order valence-electron chi connectivity index (χ3n) is 2.56. The zero-order valence-electron chi connectivity index (χ0n) is 9.42. The molecule has 76 valence electrons. The Balaban J connectivity index is 3.12. The highest BCUT2D eigenvalue weighted by Gasteiger charge is 2.23. The normalized spacial score (nSPS) is 11.4. The lowest BCUT2D eigenvalue weighted by Gasteiger charge is -2.21. The molecule has 1 aromatic carbocycles. The number of allylic oxidation sites excluding steroid dienone is 1. The summed E-state index contributed by atoms with van der Waals surface area (Å²) in [5, 5.41) is 1.32. The van der Waals surface area contributed by atoms with Crippen LogP contribution in [0.1, 0.15) is 12.5 Å². The molecule has 0 saturated carbocycles. The van der Waals surface area contributed by atoms with E-state index in [1.807, 2.05) is 6.92 Å². The summed E-state index contributed by atoms with van der Waals surface area (Å²) in [7, 11) is 0.120. The van der Waals surface area contributed by atoms with E-state index in [4.69, 9.17) is 4.43 Å². The molecule has 0 aliphatic heterocycles. The minimum Gasteiger partial charge on any atom is -0.416 e. The summed E-state index contributed by atoms with van der Waals surface area (Å²) < 4.78 is 5.57. The van der Waals surface area contributed by atoms with Gasteiger partial charge in [-0.15, -0.1) is 0 Å². The van der Waals surface area contributed by atoms with Gasteiger partial charge in [0.1, 0.15) is 0 Å². The van der Waals surface area contributed by atoms with Crippen LogP contribution in [-0.4, -0.2) is 15.4 Å². The third-order valence-corrected chi connectivity index (χ3v) is 5.28. The molecule has 1 nitrogen and oxygen atoms in total. The summed E-state index contributed by atoms with van der Waals surface area (Å²) in [6, 6.07) is 8.50. The van der Waals surface area contributed by atoms with Gasteiger partial charge in [0.2, 0.25) is 8.32 Å².